The molecule has 0 radical (unpaired) electrons. The first kappa shape index (κ1) is 20.6. The van der Waals surface area contributed by atoms with Gasteiger partial charge in [0.25, 0.3) is 11.8 Å². The van der Waals surface area contributed by atoms with E-state index in [1.807, 2.05) is 0 Å². The second-order valence-corrected chi connectivity index (χ2v) is 9.42. The van der Waals surface area contributed by atoms with Crippen LogP contribution in [-0.2, 0) is 16.4 Å². The van der Waals surface area contributed by atoms with Crippen molar-refractivity contribution in [2.45, 2.75) is 13.3 Å². The van der Waals surface area contributed by atoms with Crippen molar-refractivity contribution in [2.24, 2.45) is 0 Å². The molecule has 4 rings (SSSR count). The number of aromatic nitrogens is 2. The highest BCUT2D eigenvalue weighted by molar-refractivity contribution is 7.89. The molecule has 1 aromatic carbocycles. The summed E-state index contributed by atoms with van der Waals surface area (Å²) in [6.45, 7) is 4.23. The smallest absolute Gasteiger partial charge is 0.261 e. The van der Waals surface area contributed by atoms with Gasteiger partial charge in [-0.2, -0.15) is 4.31 Å². The fourth-order valence-electron chi connectivity index (χ4n) is 3.70. The van der Waals surface area contributed by atoms with Crippen LogP contribution < -0.4 is 0 Å². The van der Waals surface area contributed by atoms with E-state index in [2.05, 4.69) is 15.1 Å². The lowest BCUT2D eigenvalue weighted by atomic mass is 10.1. The van der Waals surface area contributed by atoms with Crippen LogP contribution in [0.5, 0.6) is 0 Å². The minimum absolute atomic E-state index is 0.147. The van der Waals surface area contributed by atoms with Crippen molar-refractivity contribution < 1.29 is 22.4 Å². The fourth-order valence-corrected chi connectivity index (χ4v) is 5.09. The Morgan fingerprint density at radius 1 is 0.967 bits per heavy atom. The third-order valence-electron chi connectivity index (χ3n) is 5.39. The number of hydrogen-bond acceptors (Lipinski definition) is 8. The number of carbonyl (C=O) groups is 2. The Kier molecular flexibility index (Phi) is 5.67. The van der Waals surface area contributed by atoms with E-state index in [1.54, 1.807) is 31.2 Å². The van der Waals surface area contributed by atoms with Crippen molar-refractivity contribution in [1.29, 1.82) is 0 Å². The van der Waals surface area contributed by atoms with E-state index >= 15 is 0 Å². The summed E-state index contributed by atoms with van der Waals surface area (Å²) in [6, 6.07) is 6.53. The third-order valence-corrected chi connectivity index (χ3v) is 7.24. The Hall–Kier alpha value is -2.63. The number of amides is 2. The van der Waals surface area contributed by atoms with E-state index < -0.39 is 21.8 Å². The van der Waals surface area contributed by atoms with Gasteiger partial charge in [-0.15, -0.1) is 10.2 Å². The zero-order chi connectivity index (χ0) is 21.3. The number of piperazine rings is 1. The van der Waals surface area contributed by atoms with Gasteiger partial charge in [0.15, 0.2) is 0 Å². The summed E-state index contributed by atoms with van der Waals surface area (Å²) in [5, 5.41) is 7.76. The third kappa shape index (κ3) is 4.13. The Morgan fingerprint density at radius 3 is 2.17 bits per heavy atom. The lowest BCUT2D eigenvalue weighted by Crippen LogP contribution is -2.50. The first-order chi connectivity index (χ1) is 14.3. The van der Waals surface area contributed by atoms with Crippen molar-refractivity contribution in [3.05, 3.63) is 47.2 Å². The zero-order valence-electron chi connectivity index (χ0n) is 16.7. The molecule has 2 aromatic rings. The molecule has 0 spiro atoms. The average molecular weight is 433 g/mol. The SMILES string of the molecule is Cc1nnc(CCN2CCN(S(=O)(=O)CCN3C(=O)c4ccccc4C3=O)CC2)o1. The van der Waals surface area contributed by atoms with E-state index in [-0.39, 0.29) is 12.3 Å². The number of nitrogens with zero attached hydrogens (tertiary/aromatic N) is 5. The normalized spacial score (nSPS) is 18.2. The molecule has 2 aliphatic heterocycles. The standard InChI is InChI=1S/C19H23N5O5S/c1-14-20-21-17(29-14)6-7-22-8-10-23(11-9-22)30(27,28)13-12-24-18(25)15-4-2-3-5-16(15)19(24)26/h2-5H,6-13H2,1H3. The fraction of sp³-hybridized carbons (Fsp3) is 0.474. The van der Waals surface area contributed by atoms with Crippen LogP contribution in [0, 0.1) is 6.92 Å². The molecule has 0 unspecified atom stereocenters. The predicted octanol–water partition coefficient (Wildman–Crippen LogP) is 0.164. The van der Waals surface area contributed by atoms with Crippen LogP contribution >= 0.6 is 0 Å². The Bertz CT molecular complexity index is 1020. The largest absolute Gasteiger partial charge is 0.426 e. The number of benzene rings is 1. The van der Waals surface area contributed by atoms with Gasteiger partial charge >= 0.3 is 0 Å². The molecule has 1 aromatic heterocycles. The Labute approximate surface area is 174 Å². The van der Waals surface area contributed by atoms with Crippen LogP contribution in [0.15, 0.2) is 28.7 Å². The van der Waals surface area contributed by atoms with Crippen molar-refractivity contribution >= 4 is 21.8 Å². The van der Waals surface area contributed by atoms with Crippen molar-refractivity contribution in [3.8, 4) is 0 Å². The molecule has 11 heteroatoms. The molecule has 0 saturated carbocycles. The van der Waals surface area contributed by atoms with Crippen LogP contribution in [0.2, 0.25) is 0 Å². The number of hydrogen-bond donors (Lipinski definition) is 0. The van der Waals surface area contributed by atoms with Crippen LogP contribution in [0.25, 0.3) is 0 Å². The topological polar surface area (TPSA) is 117 Å². The van der Waals surface area contributed by atoms with Gasteiger partial charge in [-0.25, -0.2) is 8.42 Å². The number of rotatable bonds is 7. The van der Waals surface area contributed by atoms with Crippen LogP contribution in [0.1, 0.15) is 32.5 Å². The molecule has 1 fully saturated rings. The van der Waals surface area contributed by atoms with Gasteiger partial charge in [0.2, 0.25) is 21.8 Å². The second kappa shape index (κ2) is 8.25. The highest BCUT2D eigenvalue weighted by atomic mass is 32.2. The van der Waals surface area contributed by atoms with Crippen LogP contribution in [-0.4, -0.2) is 89.6 Å². The molecular weight excluding hydrogens is 410 g/mol. The molecule has 160 valence electrons. The molecule has 2 amide bonds. The maximum absolute atomic E-state index is 12.7. The number of aryl methyl sites for hydroxylation is 1. The highest BCUT2D eigenvalue weighted by Gasteiger charge is 2.36. The molecule has 0 N–H and O–H groups in total. The second-order valence-electron chi connectivity index (χ2n) is 7.33. The predicted molar refractivity (Wildman–Crippen MR) is 106 cm³/mol. The van der Waals surface area contributed by atoms with Crippen molar-refractivity contribution in [2.75, 3.05) is 45.0 Å². The summed E-state index contributed by atoms with van der Waals surface area (Å²) in [5.74, 6) is -0.0547. The lowest BCUT2D eigenvalue weighted by Gasteiger charge is -2.34. The van der Waals surface area contributed by atoms with Crippen molar-refractivity contribution in [3.63, 3.8) is 0 Å². The number of carbonyl (C=O) groups excluding carboxylic acids is 2. The first-order valence-corrected chi connectivity index (χ1v) is 11.4. The number of imide groups is 1. The minimum atomic E-state index is -3.57. The molecule has 0 aliphatic carbocycles. The molecule has 3 heterocycles. The molecular formula is C19H23N5O5S. The molecule has 2 aliphatic rings. The summed E-state index contributed by atoms with van der Waals surface area (Å²) >= 11 is 0. The van der Waals surface area contributed by atoms with Crippen molar-refractivity contribution in [1.82, 2.24) is 24.3 Å². The van der Waals surface area contributed by atoms with Crippen LogP contribution in [0.3, 0.4) is 0 Å². The van der Waals surface area contributed by atoms with Crippen LogP contribution in [0.4, 0.5) is 0 Å². The average Bonchev–Trinajstić information content (AvgIpc) is 3.27. The van der Waals surface area contributed by atoms with Gasteiger partial charge in [0.05, 0.1) is 16.9 Å². The summed E-state index contributed by atoms with van der Waals surface area (Å²) in [6.07, 6.45) is 0.618. The maximum atomic E-state index is 12.7. The lowest BCUT2D eigenvalue weighted by molar-refractivity contribution is 0.0663. The Balaban J connectivity index is 1.28. The van der Waals surface area contributed by atoms with E-state index in [0.29, 0.717) is 62.1 Å². The molecule has 10 nitrogen and oxygen atoms in total. The van der Waals surface area contributed by atoms with E-state index in [1.165, 1.54) is 4.31 Å². The quantitative estimate of drug-likeness (QED) is 0.567. The summed E-state index contributed by atoms with van der Waals surface area (Å²) < 4.78 is 32.3. The highest BCUT2D eigenvalue weighted by Crippen LogP contribution is 2.22. The zero-order valence-corrected chi connectivity index (χ0v) is 17.5. The van der Waals surface area contributed by atoms with Gasteiger partial charge in [-0.05, 0) is 12.1 Å². The van der Waals surface area contributed by atoms with E-state index in [0.717, 1.165) is 4.90 Å². The molecule has 30 heavy (non-hydrogen) atoms. The molecule has 0 bridgehead atoms. The maximum Gasteiger partial charge on any atom is 0.261 e. The number of fused-ring (bicyclic) bond motifs is 1. The summed E-state index contributed by atoms with van der Waals surface area (Å²) in [7, 11) is -3.57. The van der Waals surface area contributed by atoms with E-state index in [4.69, 9.17) is 4.42 Å². The van der Waals surface area contributed by atoms with Gasteiger partial charge in [0, 0.05) is 52.6 Å². The monoisotopic (exact) mass is 433 g/mol. The number of sulfonamides is 1. The molecule has 1 saturated heterocycles. The van der Waals surface area contributed by atoms with E-state index in [9.17, 15) is 18.0 Å². The van der Waals surface area contributed by atoms with Gasteiger partial charge < -0.3 is 9.32 Å². The Morgan fingerprint density at radius 2 is 1.60 bits per heavy atom. The van der Waals surface area contributed by atoms with Gasteiger partial charge in [0.1, 0.15) is 0 Å². The summed E-state index contributed by atoms with van der Waals surface area (Å²) in [4.78, 5) is 28.0. The van der Waals surface area contributed by atoms with Gasteiger partial charge in [-0.1, -0.05) is 12.1 Å². The van der Waals surface area contributed by atoms with Gasteiger partial charge in [-0.3, -0.25) is 14.5 Å². The molecule has 0 atom stereocenters. The summed E-state index contributed by atoms with van der Waals surface area (Å²) in [5.41, 5.74) is 0.648. The first-order valence-electron chi connectivity index (χ1n) is 9.79. The minimum Gasteiger partial charge on any atom is -0.426 e.